The minimum atomic E-state index is -0.275. The summed E-state index contributed by atoms with van der Waals surface area (Å²) < 4.78 is 0. The Bertz CT molecular complexity index is 899. The van der Waals surface area contributed by atoms with E-state index in [4.69, 9.17) is 0 Å². The molecule has 0 aliphatic rings. The second-order valence-corrected chi connectivity index (χ2v) is 7.59. The zero-order valence-corrected chi connectivity index (χ0v) is 15.9. The van der Waals surface area contributed by atoms with E-state index in [1.54, 1.807) is 0 Å². The number of fused-ring (bicyclic) bond motifs is 1. The van der Waals surface area contributed by atoms with E-state index in [1.807, 2.05) is 75.4 Å². The second-order valence-electron chi connectivity index (χ2n) is 6.29. The van der Waals surface area contributed by atoms with Crippen LogP contribution in [0.25, 0.3) is 10.9 Å². The maximum atomic E-state index is 12.2. The van der Waals surface area contributed by atoms with Gasteiger partial charge < -0.3 is 10.6 Å². The lowest BCUT2D eigenvalue weighted by atomic mass is 10.2. The van der Waals surface area contributed by atoms with Crippen LogP contribution in [0, 0.1) is 0 Å². The molecule has 0 saturated heterocycles. The number of thioether (sulfide) groups is 1. The van der Waals surface area contributed by atoms with Crippen LogP contribution in [0.15, 0.2) is 59.8 Å². The molecule has 3 rings (SSSR count). The first kappa shape index (κ1) is 18.2. The summed E-state index contributed by atoms with van der Waals surface area (Å²) in [6, 6.07) is 17.9. The van der Waals surface area contributed by atoms with Crippen molar-refractivity contribution in [3.63, 3.8) is 0 Å². The molecule has 2 N–H and O–H groups in total. The number of anilines is 2. The molecule has 0 fully saturated rings. The largest absolute Gasteiger partial charge is 0.353 e. The van der Waals surface area contributed by atoms with Gasteiger partial charge in [0.1, 0.15) is 5.82 Å². The van der Waals surface area contributed by atoms with Gasteiger partial charge >= 0.3 is 0 Å². The Kier molecular flexibility index (Phi) is 5.73. The van der Waals surface area contributed by atoms with E-state index in [2.05, 4.69) is 20.6 Å². The summed E-state index contributed by atoms with van der Waals surface area (Å²) in [5.41, 5.74) is 1.80. The third-order valence-corrected chi connectivity index (χ3v) is 4.66. The maximum Gasteiger partial charge on any atom is 0.233 e. The highest BCUT2D eigenvalue weighted by Gasteiger charge is 2.18. The Morgan fingerprint density at radius 2 is 1.65 bits per heavy atom. The molecule has 0 bridgehead atoms. The van der Waals surface area contributed by atoms with Crippen molar-refractivity contribution in [2.24, 2.45) is 0 Å². The molecule has 0 spiro atoms. The molecular formula is C20H22N4OS. The van der Waals surface area contributed by atoms with E-state index < -0.39 is 0 Å². The number of benzene rings is 2. The zero-order valence-electron chi connectivity index (χ0n) is 15.1. The molecule has 3 aromatic rings. The Morgan fingerprint density at radius 1 is 0.962 bits per heavy atom. The number of aromatic nitrogens is 2. The number of nitrogens with zero attached hydrogens (tertiary/aromatic N) is 2. The highest BCUT2D eigenvalue weighted by atomic mass is 32.2. The number of carbonyl (C=O) groups is 1. The van der Waals surface area contributed by atoms with Gasteiger partial charge in [-0.1, -0.05) is 42.1 Å². The molecule has 1 aromatic heterocycles. The van der Waals surface area contributed by atoms with Gasteiger partial charge in [-0.15, -0.1) is 0 Å². The van der Waals surface area contributed by atoms with Crippen molar-refractivity contribution in [1.29, 1.82) is 0 Å². The second kappa shape index (κ2) is 8.19. The van der Waals surface area contributed by atoms with Gasteiger partial charge in [-0.3, -0.25) is 4.79 Å². The Hall–Kier alpha value is -2.60. The molecule has 0 unspecified atom stereocenters. The first-order valence-corrected chi connectivity index (χ1v) is 9.47. The van der Waals surface area contributed by atoms with E-state index in [0.29, 0.717) is 5.16 Å². The Labute approximate surface area is 157 Å². The van der Waals surface area contributed by atoms with Gasteiger partial charge in [0.2, 0.25) is 5.91 Å². The van der Waals surface area contributed by atoms with Crippen molar-refractivity contribution in [2.45, 2.75) is 37.2 Å². The van der Waals surface area contributed by atoms with Gasteiger partial charge in [0.25, 0.3) is 0 Å². The van der Waals surface area contributed by atoms with E-state index in [0.717, 1.165) is 22.4 Å². The summed E-state index contributed by atoms with van der Waals surface area (Å²) in [5.74, 6) is 0.722. The van der Waals surface area contributed by atoms with Gasteiger partial charge in [-0.2, -0.15) is 0 Å². The quantitative estimate of drug-likeness (QED) is 0.501. The van der Waals surface area contributed by atoms with Crippen LogP contribution < -0.4 is 10.6 Å². The average molecular weight is 366 g/mol. The van der Waals surface area contributed by atoms with E-state index in [9.17, 15) is 4.79 Å². The number of para-hydroxylation sites is 2. The van der Waals surface area contributed by atoms with E-state index in [1.165, 1.54) is 11.8 Å². The molecule has 6 heteroatoms. The van der Waals surface area contributed by atoms with Crippen molar-refractivity contribution in [3.05, 3.63) is 54.6 Å². The number of nitrogens with one attached hydrogen (secondary N) is 2. The average Bonchev–Trinajstić information content (AvgIpc) is 2.62. The van der Waals surface area contributed by atoms with E-state index in [-0.39, 0.29) is 17.2 Å². The van der Waals surface area contributed by atoms with Crippen LogP contribution in [-0.2, 0) is 4.79 Å². The van der Waals surface area contributed by atoms with Crippen LogP contribution in [-0.4, -0.2) is 27.2 Å². The van der Waals surface area contributed by atoms with Crippen molar-refractivity contribution in [2.75, 3.05) is 5.32 Å². The van der Waals surface area contributed by atoms with Crippen molar-refractivity contribution in [1.82, 2.24) is 15.3 Å². The molecule has 134 valence electrons. The lowest BCUT2D eigenvalue weighted by Gasteiger charge is -2.15. The topological polar surface area (TPSA) is 66.9 Å². The molecule has 0 aliphatic heterocycles. The van der Waals surface area contributed by atoms with Crippen molar-refractivity contribution >= 4 is 40.1 Å². The zero-order chi connectivity index (χ0) is 18.5. The first-order valence-electron chi connectivity index (χ1n) is 8.59. The Balaban J connectivity index is 1.90. The van der Waals surface area contributed by atoms with Crippen LogP contribution in [0.4, 0.5) is 11.5 Å². The standard InChI is InChI=1S/C20H22N4OS/c1-13(2)21-19(25)14(3)26-20-23-17-12-8-7-11-16(17)18(24-20)22-15-9-5-4-6-10-15/h4-14H,1-3H3,(H,21,25)(H,22,23,24)/t14-/m0/s1. The molecule has 26 heavy (non-hydrogen) atoms. The normalized spacial score (nSPS) is 12.2. The van der Waals surface area contributed by atoms with Crippen LogP contribution in [0.3, 0.4) is 0 Å². The summed E-state index contributed by atoms with van der Waals surface area (Å²) in [4.78, 5) is 21.5. The number of carbonyl (C=O) groups excluding carboxylic acids is 1. The summed E-state index contributed by atoms with van der Waals surface area (Å²) in [7, 11) is 0. The highest BCUT2D eigenvalue weighted by molar-refractivity contribution is 8.00. The van der Waals surface area contributed by atoms with Gasteiger partial charge in [0.15, 0.2) is 5.16 Å². The molecule has 0 radical (unpaired) electrons. The van der Waals surface area contributed by atoms with Crippen molar-refractivity contribution in [3.8, 4) is 0 Å². The molecule has 1 atom stereocenters. The lowest BCUT2D eigenvalue weighted by molar-refractivity contribution is -0.120. The third-order valence-electron chi connectivity index (χ3n) is 3.70. The third kappa shape index (κ3) is 4.52. The molecule has 5 nitrogen and oxygen atoms in total. The molecule has 1 heterocycles. The summed E-state index contributed by atoms with van der Waals surface area (Å²) >= 11 is 1.36. The Morgan fingerprint density at radius 3 is 2.38 bits per heavy atom. The summed E-state index contributed by atoms with van der Waals surface area (Å²) in [6.07, 6.45) is 0. The minimum absolute atomic E-state index is 0.0145. The fourth-order valence-corrected chi connectivity index (χ4v) is 3.26. The highest BCUT2D eigenvalue weighted by Crippen LogP contribution is 2.28. The predicted octanol–water partition coefficient (Wildman–Crippen LogP) is 4.38. The molecule has 1 amide bonds. The maximum absolute atomic E-state index is 12.2. The van der Waals surface area contributed by atoms with Crippen LogP contribution in [0.5, 0.6) is 0 Å². The van der Waals surface area contributed by atoms with Crippen LogP contribution >= 0.6 is 11.8 Å². The van der Waals surface area contributed by atoms with Gasteiger partial charge in [-0.25, -0.2) is 9.97 Å². The van der Waals surface area contributed by atoms with E-state index >= 15 is 0 Å². The van der Waals surface area contributed by atoms with Gasteiger partial charge in [-0.05, 0) is 45.0 Å². The SMILES string of the molecule is CC(C)NC(=O)[C@H](C)Sc1nc(Nc2ccccc2)c2ccccc2n1. The minimum Gasteiger partial charge on any atom is -0.353 e. The van der Waals surface area contributed by atoms with Gasteiger partial charge in [0, 0.05) is 17.1 Å². The number of amides is 1. The summed E-state index contributed by atoms with van der Waals surface area (Å²) in [6.45, 7) is 5.76. The summed E-state index contributed by atoms with van der Waals surface area (Å²) in [5, 5.41) is 7.53. The smallest absolute Gasteiger partial charge is 0.233 e. The molecular weight excluding hydrogens is 344 g/mol. The number of hydrogen-bond donors (Lipinski definition) is 2. The first-order chi connectivity index (χ1) is 12.5. The van der Waals surface area contributed by atoms with Gasteiger partial charge in [0.05, 0.1) is 10.8 Å². The van der Waals surface area contributed by atoms with Crippen LogP contribution in [0.2, 0.25) is 0 Å². The molecule has 0 aliphatic carbocycles. The predicted molar refractivity (Wildman–Crippen MR) is 108 cm³/mol. The van der Waals surface area contributed by atoms with Crippen LogP contribution in [0.1, 0.15) is 20.8 Å². The molecule has 0 saturated carbocycles. The lowest BCUT2D eigenvalue weighted by Crippen LogP contribution is -2.35. The fourth-order valence-electron chi connectivity index (χ4n) is 2.47. The van der Waals surface area contributed by atoms with Crippen molar-refractivity contribution < 1.29 is 4.79 Å². The fraction of sp³-hybridized carbons (Fsp3) is 0.250. The number of hydrogen-bond acceptors (Lipinski definition) is 5. The monoisotopic (exact) mass is 366 g/mol. The number of rotatable bonds is 6. The molecule has 2 aromatic carbocycles.